The lowest BCUT2D eigenvalue weighted by molar-refractivity contribution is -0.118. The monoisotopic (exact) mass is 298 g/mol. The van der Waals surface area contributed by atoms with Crippen LogP contribution in [0.2, 0.25) is 5.02 Å². The summed E-state index contributed by atoms with van der Waals surface area (Å²) in [4.78, 5) is 13.9. The fourth-order valence-corrected chi connectivity index (χ4v) is 3.16. The third-order valence-electron chi connectivity index (χ3n) is 3.34. The predicted molar refractivity (Wildman–Crippen MR) is 83.3 cm³/mol. The standard InChI is InChI=1S/C14H19ClN2OS/c1-10-3-4-12(8-13(10)15)17(2)14(18)7-11-9-19-6-5-16-11/h3-4,8,11,16H,5-7,9H2,1-2H3. The Labute approximate surface area is 123 Å². The van der Waals surface area contributed by atoms with Gasteiger partial charge in [-0.2, -0.15) is 11.8 Å². The van der Waals surface area contributed by atoms with Gasteiger partial charge in [-0.1, -0.05) is 17.7 Å². The van der Waals surface area contributed by atoms with Gasteiger partial charge in [0.15, 0.2) is 0 Å². The van der Waals surface area contributed by atoms with Crippen LogP contribution in [0.5, 0.6) is 0 Å². The summed E-state index contributed by atoms with van der Waals surface area (Å²) < 4.78 is 0. The summed E-state index contributed by atoms with van der Waals surface area (Å²) in [6, 6.07) is 6.01. The highest BCUT2D eigenvalue weighted by Gasteiger charge is 2.20. The van der Waals surface area contributed by atoms with Crippen molar-refractivity contribution in [2.75, 3.05) is 30.0 Å². The van der Waals surface area contributed by atoms with Crippen molar-refractivity contribution in [1.82, 2.24) is 5.32 Å². The molecule has 0 aromatic heterocycles. The van der Waals surface area contributed by atoms with Crippen LogP contribution in [0, 0.1) is 6.92 Å². The average molecular weight is 299 g/mol. The first-order valence-electron chi connectivity index (χ1n) is 6.42. The first-order valence-corrected chi connectivity index (χ1v) is 7.95. The van der Waals surface area contributed by atoms with Gasteiger partial charge in [0.1, 0.15) is 0 Å². The first kappa shape index (κ1) is 14.7. The highest BCUT2D eigenvalue weighted by molar-refractivity contribution is 7.99. The van der Waals surface area contributed by atoms with Crippen LogP contribution in [0.1, 0.15) is 12.0 Å². The normalized spacial score (nSPS) is 19.2. The lowest BCUT2D eigenvalue weighted by atomic mass is 10.1. The van der Waals surface area contributed by atoms with Gasteiger partial charge in [-0.05, 0) is 24.6 Å². The van der Waals surface area contributed by atoms with E-state index in [0.717, 1.165) is 29.3 Å². The van der Waals surface area contributed by atoms with E-state index >= 15 is 0 Å². The molecule has 1 atom stereocenters. The second-order valence-corrected chi connectivity index (χ2v) is 6.37. The van der Waals surface area contributed by atoms with Crippen molar-refractivity contribution in [3.8, 4) is 0 Å². The zero-order valence-electron chi connectivity index (χ0n) is 11.3. The number of carbonyl (C=O) groups is 1. The van der Waals surface area contributed by atoms with Gasteiger partial charge >= 0.3 is 0 Å². The number of aryl methyl sites for hydroxylation is 1. The maximum Gasteiger partial charge on any atom is 0.228 e. The summed E-state index contributed by atoms with van der Waals surface area (Å²) in [6.07, 6.45) is 0.537. The van der Waals surface area contributed by atoms with Crippen LogP contribution >= 0.6 is 23.4 Å². The van der Waals surface area contributed by atoms with Gasteiger partial charge < -0.3 is 10.2 Å². The van der Waals surface area contributed by atoms with Gasteiger partial charge in [0.25, 0.3) is 0 Å². The molecule has 1 amide bonds. The summed E-state index contributed by atoms with van der Waals surface area (Å²) >= 11 is 8.00. The summed E-state index contributed by atoms with van der Waals surface area (Å²) in [7, 11) is 1.80. The fourth-order valence-electron chi connectivity index (χ4n) is 2.03. The predicted octanol–water partition coefficient (Wildman–Crippen LogP) is 2.71. The van der Waals surface area contributed by atoms with Crippen LogP contribution in [0.3, 0.4) is 0 Å². The zero-order chi connectivity index (χ0) is 13.8. The highest BCUT2D eigenvalue weighted by atomic mass is 35.5. The molecular weight excluding hydrogens is 280 g/mol. The molecule has 2 rings (SSSR count). The van der Waals surface area contributed by atoms with E-state index in [9.17, 15) is 4.79 Å². The quantitative estimate of drug-likeness (QED) is 0.931. The molecule has 0 spiro atoms. The lowest BCUT2D eigenvalue weighted by Gasteiger charge is -2.25. The summed E-state index contributed by atoms with van der Waals surface area (Å²) in [5.41, 5.74) is 1.88. The van der Waals surface area contributed by atoms with Gasteiger partial charge in [-0.15, -0.1) is 0 Å². The number of nitrogens with one attached hydrogen (secondary N) is 1. The van der Waals surface area contributed by atoms with Crippen molar-refractivity contribution >= 4 is 35.0 Å². The second-order valence-electron chi connectivity index (χ2n) is 4.82. The van der Waals surface area contributed by atoms with Crippen molar-refractivity contribution in [3.05, 3.63) is 28.8 Å². The van der Waals surface area contributed by atoms with Crippen LogP contribution in [0.15, 0.2) is 18.2 Å². The SMILES string of the molecule is Cc1ccc(N(C)C(=O)CC2CSCCN2)cc1Cl. The van der Waals surface area contributed by atoms with Crippen LogP contribution in [-0.2, 0) is 4.79 Å². The number of halogens is 1. The van der Waals surface area contributed by atoms with E-state index in [1.807, 2.05) is 36.9 Å². The molecular formula is C14H19ClN2OS. The second kappa shape index (κ2) is 6.64. The van der Waals surface area contributed by atoms with Crippen molar-refractivity contribution in [1.29, 1.82) is 0 Å². The Bertz CT molecular complexity index is 461. The molecule has 1 aliphatic heterocycles. The van der Waals surface area contributed by atoms with Gasteiger partial charge in [0.2, 0.25) is 5.91 Å². The smallest absolute Gasteiger partial charge is 0.228 e. The molecule has 3 nitrogen and oxygen atoms in total. The van der Waals surface area contributed by atoms with Crippen LogP contribution in [0.4, 0.5) is 5.69 Å². The molecule has 1 N–H and O–H groups in total. The van der Waals surface area contributed by atoms with E-state index in [1.54, 1.807) is 11.9 Å². The molecule has 1 aliphatic rings. The lowest BCUT2D eigenvalue weighted by Crippen LogP contribution is -2.41. The number of thioether (sulfide) groups is 1. The summed E-state index contributed by atoms with van der Waals surface area (Å²) in [6.45, 7) is 2.94. The minimum atomic E-state index is 0.125. The molecule has 1 unspecified atom stereocenters. The van der Waals surface area contributed by atoms with Crippen molar-refractivity contribution in [3.63, 3.8) is 0 Å². The van der Waals surface area contributed by atoms with Crippen molar-refractivity contribution < 1.29 is 4.79 Å². The fraction of sp³-hybridized carbons (Fsp3) is 0.500. The molecule has 0 bridgehead atoms. The van der Waals surface area contributed by atoms with Crippen LogP contribution in [0.25, 0.3) is 0 Å². The molecule has 104 valence electrons. The van der Waals surface area contributed by atoms with Crippen molar-refractivity contribution in [2.24, 2.45) is 0 Å². The maximum absolute atomic E-state index is 12.2. The molecule has 5 heteroatoms. The molecule has 0 saturated carbocycles. The first-order chi connectivity index (χ1) is 9.08. The third-order valence-corrected chi connectivity index (χ3v) is 4.87. The Balaban J connectivity index is 1.99. The minimum Gasteiger partial charge on any atom is -0.315 e. The Kier molecular flexibility index (Phi) is 5.13. The molecule has 0 aliphatic carbocycles. The number of hydrogen-bond donors (Lipinski definition) is 1. The van der Waals surface area contributed by atoms with E-state index < -0.39 is 0 Å². The van der Waals surface area contributed by atoms with Crippen LogP contribution < -0.4 is 10.2 Å². The molecule has 1 aromatic rings. The van der Waals surface area contributed by atoms with Gasteiger partial charge in [-0.3, -0.25) is 4.79 Å². The maximum atomic E-state index is 12.2. The van der Waals surface area contributed by atoms with E-state index in [1.165, 1.54) is 0 Å². The topological polar surface area (TPSA) is 32.3 Å². The highest BCUT2D eigenvalue weighted by Crippen LogP contribution is 2.23. The Morgan fingerprint density at radius 1 is 1.58 bits per heavy atom. The van der Waals surface area contributed by atoms with Gasteiger partial charge in [0, 0.05) is 48.3 Å². The number of hydrogen-bond acceptors (Lipinski definition) is 3. The minimum absolute atomic E-state index is 0.125. The van der Waals surface area contributed by atoms with Gasteiger partial charge in [-0.25, -0.2) is 0 Å². The number of nitrogens with zero attached hydrogens (tertiary/aromatic N) is 1. The van der Waals surface area contributed by atoms with Crippen molar-refractivity contribution in [2.45, 2.75) is 19.4 Å². The molecule has 1 heterocycles. The Morgan fingerprint density at radius 2 is 2.37 bits per heavy atom. The Morgan fingerprint density at radius 3 is 3.00 bits per heavy atom. The number of carbonyl (C=O) groups excluding carboxylic acids is 1. The van der Waals surface area contributed by atoms with Gasteiger partial charge in [0.05, 0.1) is 0 Å². The molecule has 19 heavy (non-hydrogen) atoms. The zero-order valence-corrected chi connectivity index (χ0v) is 12.9. The van der Waals surface area contributed by atoms with E-state index in [2.05, 4.69) is 5.32 Å². The molecule has 1 fully saturated rings. The van der Waals surface area contributed by atoms with E-state index in [0.29, 0.717) is 11.4 Å². The largest absolute Gasteiger partial charge is 0.315 e. The van der Waals surface area contributed by atoms with E-state index in [4.69, 9.17) is 11.6 Å². The van der Waals surface area contributed by atoms with Crippen LogP contribution in [-0.4, -0.2) is 37.0 Å². The molecule has 1 aromatic carbocycles. The summed E-state index contributed by atoms with van der Waals surface area (Å²) in [5.74, 6) is 2.27. The number of rotatable bonds is 3. The Hall–Kier alpha value is -0.710. The molecule has 1 saturated heterocycles. The molecule has 0 radical (unpaired) electrons. The number of anilines is 1. The third kappa shape index (κ3) is 3.88. The number of benzene rings is 1. The van der Waals surface area contributed by atoms with E-state index in [-0.39, 0.29) is 11.9 Å². The number of amides is 1. The summed E-state index contributed by atoms with van der Waals surface area (Å²) in [5, 5.41) is 4.08. The average Bonchev–Trinajstić information content (AvgIpc) is 2.42.